The molecule has 3 aromatic rings. The van der Waals surface area contributed by atoms with Crippen molar-refractivity contribution in [2.75, 3.05) is 11.1 Å². The SMILES string of the molecule is CCc1cnc(C(C)Nc2ccc(N)c3ncccc23)s1. The van der Waals surface area contributed by atoms with Crippen molar-refractivity contribution in [3.63, 3.8) is 0 Å². The number of anilines is 2. The quantitative estimate of drug-likeness (QED) is 0.714. The Balaban J connectivity index is 1.92. The lowest BCUT2D eigenvalue weighted by Crippen LogP contribution is -2.07. The van der Waals surface area contributed by atoms with E-state index in [2.05, 4.69) is 29.1 Å². The van der Waals surface area contributed by atoms with Crippen LogP contribution in [0.15, 0.2) is 36.7 Å². The highest BCUT2D eigenvalue weighted by molar-refractivity contribution is 7.11. The number of fused-ring (bicyclic) bond motifs is 1. The van der Waals surface area contributed by atoms with E-state index in [9.17, 15) is 0 Å². The third-order valence-corrected chi connectivity index (χ3v) is 4.79. The van der Waals surface area contributed by atoms with Crippen molar-refractivity contribution in [1.82, 2.24) is 9.97 Å². The first-order valence-electron chi connectivity index (χ1n) is 7.03. The first-order valence-corrected chi connectivity index (χ1v) is 7.85. The van der Waals surface area contributed by atoms with Gasteiger partial charge in [-0.2, -0.15) is 0 Å². The fourth-order valence-electron chi connectivity index (χ4n) is 2.30. The molecule has 0 amide bonds. The second-order valence-electron chi connectivity index (χ2n) is 4.99. The molecule has 2 heterocycles. The highest BCUT2D eigenvalue weighted by Gasteiger charge is 2.12. The third-order valence-electron chi connectivity index (χ3n) is 3.46. The van der Waals surface area contributed by atoms with E-state index in [0.717, 1.165) is 28.0 Å². The van der Waals surface area contributed by atoms with Crippen LogP contribution in [0.3, 0.4) is 0 Å². The average molecular weight is 298 g/mol. The molecule has 3 rings (SSSR count). The highest BCUT2D eigenvalue weighted by atomic mass is 32.1. The highest BCUT2D eigenvalue weighted by Crippen LogP contribution is 2.30. The predicted octanol–water partition coefficient (Wildman–Crippen LogP) is 4.01. The molecule has 0 bridgehead atoms. The van der Waals surface area contributed by atoms with Crippen molar-refractivity contribution in [1.29, 1.82) is 0 Å². The van der Waals surface area contributed by atoms with E-state index < -0.39 is 0 Å². The van der Waals surface area contributed by atoms with Crippen LogP contribution in [0.25, 0.3) is 10.9 Å². The van der Waals surface area contributed by atoms with Crippen molar-refractivity contribution < 1.29 is 0 Å². The molecule has 0 saturated carbocycles. The molecule has 0 saturated heterocycles. The third kappa shape index (κ3) is 2.69. The summed E-state index contributed by atoms with van der Waals surface area (Å²) in [5, 5.41) is 5.65. The number of nitrogens with one attached hydrogen (secondary N) is 1. The lowest BCUT2D eigenvalue weighted by Gasteiger charge is -2.15. The summed E-state index contributed by atoms with van der Waals surface area (Å²) in [7, 11) is 0. The molecule has 1 unspecified atom stereocenters. The first-order chi connectivity index (χ1) is 10.2. The summed E-state index contributed by atoms with van der Waals surface area (Å²) in [6.07, 6.45) is 4.75. The van der Waals surface area contributed by atoms with E-state index in [1.807, 2.05) is 30.5 Å². The Morgan fingerprint density at radius 2 is 2.14 bits per heavy atom. The van der Waals surface area contributed by atoms with Gasteiger partial charge in [0.1, 0.15) is 5.01 Å². The molecule has 1 aromatic carbocycles. The van der Waals surface area contributed by atoms with Crippen LogP contribution in [0.1, 0.15) is 29.8 Å². The summed E-state index contributed by atoms with van der Waals surface area (Å²) < 4.78 is 0. The topological polar surface area (TPSA) is 63.8 Å². The van der Waals surface area contributed by atoms with E-state index >= 15 is 0 Å². The summed E-state index contributed by atoms with van der Waals surface area (Å²) in [6.45, 7) is 4.27. The summed E-state index contributed by atoms with van der Waals surface area (Å²) in [5.74, 6) is 0. The van der Waals surface area contributed by atoms with Gasteiger partial charge in [-0.05, 0) is 37.6 Å². The Bertz CT molecular complexity index is 766. The second kappa shape index (κ2) is 5.69. The molecule has 0 aliphatic rings. The van der Waals surface area contributed by atoms with Crippen molar-refractivity contribution in [2.45, 2.75) is 26.3 Å². The Hall–Kier alpha value is -2.14. The van der Waals surface area contributed by atoms with E-state index in [1.54, 1.807) is 17.5 Å². The minimum Gasteiger partial charge on any atom is -0.397 e. The number of hydrogen-bond acceptors (Lipinski definition) is 5. The molecule has 3 N–H and O–H groups in total. The molecule has 0 fully saturated rings. The summed E-state index contributed by atoms with van der Waals surface area (Å²) in [4.78, 5) is 10.2. The number of pyridine rings is 1. The minimum atomic E-state index is 0.155. The number of thiazole rings is 1. The van der Waals surface area contributed by atoms with Crippen LogP contribution in [0.4, 0.5) is 11.4 Å². The average Bonchev–Trinajstić information content (AvgIpc) is 2.99. The number of aromatic nitrogens is 2. The molecule has 0 aliphatic heterocycles. The minimum absolute atomic E-state index is 0.155. The molecule has 4 nitrogen and oxygen atoms in total. The maximum absolute atomic E-state index is 5.99. The Labute approximate surface area is 128 Å². The second-order valence-corrected chi connectivity index (χ2v) is 6.13. The maximum atomic E-state index is 5.99. The zero-order valence-corrected chi connectivity index (χ0v) is 12.9. The van der Waals surface area contributed by atoms with E-state index in [4.69, 9.17) is 5.73 Å². The normalized spacial score (nSPS) is 12.5. The number of aryl methyl sites for hydroxylation is 1. The summed E-state index contributed by atoms with van der Waals surface area (Å²) in [6, 6.07) is 8.01. The van der Waals surface area contributed by atoms with E-state index in [0.29, 0.717) is 5.69 Å². The van der Waals surface area contributed by atoms with Gasteiger partial charge in [-0.15, -0.1) is 11.3 Å². The van der Waals surface area contributed by atoms with Crippen LogP contribution >= 0.6 is 11.3 Å². The van der Waals surface area contributed by atoms with Gasteiger partial charge in [0.15, 0.2) is 0 Å². The molecule has 0 radical (unpaired) electrons. The molecular formula is C16H18N4S. The molecule has 0 aliphatic carbocycles. The van der Waals surface area contributed by atoms with Gasteiger partial charge in [-0.1, -0.05) is 6.92 Å². The Kier molecular flexibility index (Phi) is 3.75. The number of nitrogen functional groups attached to an aromatic ring is 1. The Morgan fingerprint density at radius 3 is 2.90 bits per heavy atom. The monoisotopic (exact) mass is 298 g/mol. The molecule has 2 aromatic heterocycles. The summed E-state index contributed by atoms with van der Waals surface area (Å²) >= 11 is 1.75. The number of rotatable bonds is 4. The standard InChI is InChI=1S/C16H18N4S/c1-3-11-9-19-16(21-11)10(2)20-14-7-6-13(17)15-12(14)5-4-8-18-15/h4-10,20H,3,17H2,1-2H3. The number of hydrogen-bond donors (Lipinski definition) is 2. The van der Waals surface area contributed by atoms with E-state index in [-0.39, 0.29) is 6.04 Å². The van der Waals surface area contributed by atoms with E-state index in [1.165, 1.54) is 4.88 Å². The number of nitrogens with two attached hydrogens (primary N) is 1. The van der Waals surface area contributed by atoms with Gasteiger partial charge in [0, 0.05) is 28.3 Å². The Morgan fingerprint density at radius 1 is 1.29 bits per heavy atom. The van der Waals surface area contributed by atoms with Crippen LogP contribution in [0.2, 0.25) is 0 Å². The molecular weight excluding hydrogens is 280 g/mol. The van der Waals surface area contributed by atoms with Gasteiger partial charge in [-0.3, -0.25) is 4.98 Å². The van der Waals surface area contributed by atoms with Crippen molar-refractivity contribution in [2.24, 2.45) is 0 Å². The zero-order valence-electron chi connectivity index (χ0n) is 12.1. The zero-order chi connectivity index (χ0) is 14.8. The molecule has 0 spiro atoms. The van der Waals surface area contributed by atoms with Gasteiger partial charge in [-0.25, -0.2) is 4.98 Å². The summed E-state index contributed by atoms with van der Waals surface area (Å²) in [5.41, 5.74) is 8.56. The fraction of sp³-hybridized carbons (Fsp3) is 0.250. The van der Waals surface area contributed by atoms with Gasteiger partial charge >= 0.3 is 0 Å². The van der Waals surface area contributed by atoms with Crippen LogP contribution in [-0.4, -0.2) is 9.97 Å². The lowest BCUT2D eigenvalue weighted by molar-refractivity contribution is 0.871. The van der Waals surface area contributed by atoms with Gasteiger partial charge in [0.2, 0.25) is 0 Å². The lowest BCUT2D eigenvalue weighted by atomic mass is 10.1. The van der Waals surface area contributed by atoms with Crippen molar-refractivity contribution in [3.8, 4) is 0 Å². The molecule has 108 valence electrons. The van der Waals surface area contributed by atoms with Crippen molar-refractivity contribution in [3.05, 3.63) is 46.5 Å². The van der Waals surface area contributed by atoms with Crippen LogP contribution in [0, 0.1) is 0 Å². The number of nitrogens with zero attached hydrogens (tertiary/aromatic N) is 2. The number of benzene rings is 1. The van der Waals surface area contributed by atoms with Crippen LogP contribution in [0.5, 0.6) is 0 Å². The van der Waals surface area contributed by atoms with Gasteiger partial charge in [0.25, 0.3) is 0 Å². The van der Waals surface area contributed by atoms with Gasteiger partial charge in [0.05, 0.1) is 17.2 Å². The van der Waals surface area contributed by atoms with Crippen molar-refractivity contribution >= 4 is 33.6 Å². The largest absolute Gasteiger partial charge is 0.397 e. The molecule has 1 atom stereocenters. The fourth-order valence-corrected chi connectivity index (χ4v) is 3.16. The smallest absolute Gasteiger partial charge is 0.115 e. The van der Waals surface area contributed by atoms with Crippen LogP contribution < -0.4 is 11.1 Å². The predicted molar refractivity (Wildman–Crippen MR) is 89.7 cm³/mol. The maximum Gasteiger partial charge on any atom is 0.115 e. The molecule has 5 heteroatoms. The molecule has 21 heavy (non-hydrogen) atoms. The van der Waals surface area contributed by atoms with Crippen LogP contribution in [-0.2, 0) is 6.42 Å². The van der Waals surface area contributed by atoms with Gasteiger partial charge < -0.3 is 11.1 Å². The first kappa shape index (κ1) is 13.8.